The predicted octanol–water partition coefficient (Wildman–Crippen LogP) is -1.20. The maximum atomic E-state index is 11.7. The van der Waals surface area contributed by atoms with Gasteiger partial charge in [0.15, 0.2) is 0 Å². The van der Waals surface area contributed by atoms with Gasteiger partial charge in [-0.15, -0.1) is 0 Å². The third-order valence-electron chi connectivity index (χ3n) is 3.42. The van der Waals surface area contributed by atoms with Crippen LogP contribution in [0, 0.1) is 11.8 Å². The molecule has 0 aromatic rings. The first-order valence-electron chi connectivity index (χ1n) is 5.30. The van der Waals surface area contributed by atoms with Gasteiger partial charge in [-0.1, -0.05) is 0 Å². The van der Waals surface area contributed by atoms with Crippen LogP contribution in [-0.4, -0.2) is 34.6 Å². The second-order valence-corrected chi connectivity index (χ2v) is 4.46. The lowest BCUT2D eigenvalue weighted by Crippen LogP contribution is -2.55. The molecule has 4 amide bonds. The highest BCUT2D eigenvalue weighted by Crippen LogP contribution is 2.48. The van der Waals surface area contributed by atoms with Crippen LogP contribution in [0.15, 0.2) is 0 Å². The largest absolute Gasteiger partial charge is 0.295 e. The second-order valence-electron chi connectivity index (χ2n) is 4.46. The Balaban J connectivity index is 1.83. The molecule has 1 saturated carbocycles. The Kier molecular flexibility index (Phi) is 1.72. The van der Waals surface area contributed by atoms with Crippen molar-refractivity contribution < 1.29 is 19.2 Å². The number of imide groups is 2. The number of nitrogens with one attached hydrogen (secondary N) is 1. The Morgan fingerprint density at radius 2 is 1.69 bits per heavy atom. The quantitative estimate of drug-likeness (QED) is 0.565. The van der Waals surface area contributed by atoms with Crippen LogP contribution in [0.3, 0.4) is 0 Å². The fourth-order valence-electron chi connectivity index (χ4n) is 2.44. The standard InChI is InChI=1S/C10H10N2O4/c13-7-2-1-6(8(14)11-7)12-9(15)4-3-5(4)10(12)16/h4-6H,1-3H2,(H,11,13,14). The molecule has 16 heavy (non-hydrogen) atoms. The van der Waals surface area contributed by atoms with E-state index in [9.17, 15) is 19.2 Å². The summed E-state index contributed by atoms with van der Waals surface area (Å²) in [6, 6.07) is -0.773. The number of carbonyl (C=O) groups is 4. The smallest absolute Gasteiger partial charge is 0.249 e. The number of nitrogens with zero attached hydrogens (tertiary/aromatic N) is 1. The van der Waals surface area contributed by atoms with E-state index in [2.05, 4.69) is 5.32 Å². The Morgan fingerprint density at radius 3 is 2.25 bits per heavy atom. The number of piperidine rings is 2. The fraction of sp³-hybridized carbons (Fsp3) is 0.600. The first kappa shape index (κ1) is 9.50. The van der Waals surface area contributed by atoms with Crippen molar-refractivity contribution >= 4 is 23.6 Å². The van der Waals surface area contributed by atoms with Gasteiger partial charge in [-0.05, 0) is 12.8 Å². The summed E-state index contributed by atoms with van der Waals surface area (Å²) >= 11 is 0. The average molecular weight is 222 g/mol. The van der Waals surface area contributed by atoms with E-state index < -0.39 is 11.9 Å². The zero-order chi connectivity index (χ0) is 11.4. The van der Waals surface area contributed by atoms with E-state index >= 15 is 0 Å². The van der Waals surface area contributed by atoms with Gasteiger partial charge in [0.25, 0.3) is 0 Å². The van der Waals surface area contributed by atoms with E-state index in [1.807, 2.05) is 0 Å². The zero-order valence-corrected chi connectivity index (χ0v) is 8.43. The molecule has 0 aromatic heterocycles. The van der Waals surface area contributed by atoms with E-state index in [1.165, 1.54) is 0 Å². The highest BCUT2D eigenvalue weighted by Gasteiger charge is 2.61. The van der Waals surface area contributed by atoms with Gasteiger partial charge in [0.05, 0.1) is 11.8 Å². The molecular weight excluding hydrogens is 212 g/mol. The van der Waals surface area contributed by atoms with Crippen LogP contribution in [0.4, 0.5) is 0 Å². The van der Waals surface area contributed by atoms with Crippen LogP contribution in [0.5, 0.6) is 0 Å². The van der Waals surface area contributed by atoms with Gasteiger partial charge in [-0.3, -0.25) is 29.4 Å². The molecule has 0 bridgehead atoms. The lowest BCUT2D eigenvalue weighted by Gasteiger charge is -2.29. The highest BCUT2D eigenvalue weighted by molar-refractivity contribution is 6.13. The summed E-state index contributed by atoms with van der Waals surface area (Å²) in [5.41, 5.74) is 0. The Hall–Kier alpha value is -1.72. The van der Waals surface area contributed by atoms with Crippen molar-refractivity contribution in [2.45, 2.75) is 25.3 Å². The molecule has 0 spiro atoms. The molecule has 0 aromatic carbocycles. The molecule has 84 valence electrons. The van der Waals surface area contributed by atoms with E-state index in [4.69, 9.17) is 0 Å². The summed E-state index contributed by atoms with van der Waals surface area (Å²) in [6.07, 6.45) is 1.06. The van der Waals surface area contributed by atoms with Crippen molar-refractivity contribution in [1.29, 1.82) is 0 Å². The number of rotatable bonds is 1. The monoisotopic (exact) mass is 222 g/mol. The van der Waals surface area contributed by atoms with Crippen molar-refractivity contribution in [2.24, 2.45) is 11.8 Å². The normalized spacial score (nSPS) is 37.5. The average Bonchev–Trinajstić information content (AvgIpc) is 2.96. The van der Waals surface area contributed by atoms with Crippen molar-refractivity contribution in [3.63, 3.8) is 0 Å². The van der Waals surface area contributed by atoms with E-state index in [0.717, 1.165) is 4.90 Å². The number of hydrogen-bond donors (Lipinski definition) is 1. The van der Waals surface area contributed by atoms with Crippen LogP contribution in [0.1, 0.15) is 19.3 Å². The van der Waals surface area contributed by atoms with Crippen LogP contribution in [0.25, 0.3) is 0 Å². The third-order valence-corrected chi connectivity index (χ3v) is 3.42. The first-order valence-corrected chi connectivity index (χ1v) is 5.30. The molecule has 2 saturated heterocycles. The van der Waals surface area contributed by atoms with Gasteiger partial charge < -0.3 is 0 Å². The highest BCUT2D eigenvalue weighted by atomic mass is 16.2. The summed E-state index contributed by atoms with van der Waals surface area (Å²) in [6.45, 7) is 0. The molecule has 6 nitrogen and oxygen atoms in total. The molecule has 0 radical (unpaired) electrons. The molecule has 3 atom stereocenters. The van der Waals surface area contributed by atoms with Crippen LogP contribution in [-0.2, 0) is 19.2 Å². The third kappa shape index (κ3) is 1.12. The van der Waals surface area contributed by atoms with Gasteiger partial charge in [0.1, 0.15) is 6.04 Å². The molecule has 2 heterocycles. The molecule has 3 unspecified atom stereocenters. The summed E-state index contributed by atoms with van der Waals surface area (Å²) in [4.78, 5) is 47.0. The van der Waals surface area contributed by atoms with Gasteiger partial charge in [0, 0.05) is 6.42 Å². The van der Waals surface area contributed by atoms with Crippen molar-refractivity contribution in [3.8, 4) is 0 Å². The number of amides is 4. The van der Waals surface area contributed by atoms with Gasteiger partial charge in [-0.2, -0.15) is 0 Å². The summed E-state index contributed by atoms with van der Waals surface area (Å²) < 4.78 is 0. The van der Waals surface area contributed by atoms with E-state index in [1.54, 1.807) is 0 Å². The molecule has 3 rings (SSSR count). The van der Waals surface area contributed by atoms with Crippen molar-refractivity contribution in [3.05, 3.63) is 0 Å². The maximum Gasteiger partial charge on any atom is 0.249 e. The molecule has 3 fully saturated rings. The molecular formula is C10H10N2O4. The number of carbonyl (C=O) groups excluding carboxylic acids is 4. The topological polar surface area (TPSA) is 83.6 Å². The van der Waals surface area contributed by atoms with Crippen LogP contribution in [0.2, 0.25) is 0 Å². The van der Waals surface area contributed by atoms with Crippen LogP contribution < -0.4 is 5.32 Å². The molecule has 1 N–H and O–H groups in total. The lowest BCUT2D eigenvalue weighted by molar-refractivity contribution is -0.152. The second kappa shape index (κ2) is 2.90. The Morgan fingerprint density at radius 1 is 1.06 bits per heavy atom. The minimum atomic E-state index is -0.773. The Labute approximate surface area is 91.0 Å². The summed E-state index contributed by atoms with van der Waals surface area (Å²) in [5.74, 6) is -1.75. The molecule has 6 heteroatoms. The summed E-state index contributed by atoms with van der Waals surface area (Å²) in [7, 11) is 0. The lowest BCUT2D eigenvalue weighted by atomic mass is 10.0. The Bertz CT molecular complexity index is 411. The number of hydrogen-bond acceptors (Lipinski definition) is 4. The minimum Gasteiger partial charge on any atom is -0.295 e. The van der Waals surface area contributed by atoms with Crippen molar-refractivity contribution in [1.82, 2.24) is 10.2 Å². The maximum absolute atomic E-state index is 11.7. The minimum absolute atomic E-state index is 0.183. The number of likely N-dealkylation sites (tertiary alicyclic amines) is 1. The van der Waals surface area contributed by atoms with E-state index in [-0.39, 0.29) is 42.4 Å². The van der Waals surface area contributed by atoms with Crippen molar-refractivity contribution in [2.75, 3.05) is 0 Å². The van der Waals surface area contributed by atoms with Gasteiger partial charge >= 0.3 is 0 Å². The zero-order valence-electron chi connectivity index (χ0n) is 8.43. The van der Waals surface area contributed by atoms with Crippen LogP contribution >= 0.6 is 0 Å². The molecule has 2 aliphatic heterocycles. The van der Waals surface area contributed by atoms with E-state index in [0.29, 0.717) is 6.42 Å². The SMILES string of the molecule is O=C1CCC(N2C(=O)C3CC3C2=O)C(=O)N1. The molecule has 1 aliphatic carbocycles. The summed E-state index contributed by atoms with van der Waals surface area (Å²) in [5, 5.41) is 2.15. The fourth-order valence-corrected chi connectivity index (χ4v) is 2.44. The number of fused-ring (bicyclic) bond motifs is 1. The predicted molar refractivity (Wildman–Crippen MR) is 49.6 cm³/mol. The first-order chi connectivity index (χ1) is 7.59. The molecule has 3 aliphatic rings. The van der Waals surface area contributed by atoms with Gasteiger partial charge in [0.2, 0.25) is 23.6 Å². The van der Waals surface area contributed by atoms with Gasteiger partial charge in [-0.25, -0.2) is 0 Å².